The van der Waals surface area contributed by atoms with Crippen molar-refractivity contribution in [2.45, 2.75) is 5.03 Å². The standard InChI is InChI=1S/C11H12FN5O3S/c1-17-10(4-5-14-17)21(19,20)16-9-3-2-7(12)6-8(9)11(13)15-18/h2-6,16,18H,1H3,(H2,13,15). The zero-order chi connectivity index (χ0) is 15.6. The Morgan fingerprint density at radius 3 is 2.76 bits per heavy atom. The van der Waals surface area contributed by atoms with E-state index in [4.69, 9.17) is 10.9 Å². The lowest BCUT2D eigenvalue weighted by atomic mass is 10.1. The van der Waals surface area contributed by atoms with Crippen LogP contribution in [0.3, 0.4) is 0 Å². The van der Waals surface area contributed by atoms with Crippen molar-refractivity contribution in [3.63, 3.8) is 0 Å². The van der Waals surface area contributed by atoms with E-state index in [0.717, 1.165) is 16.8 Å². The molecule has 1 aromatic heterocycles. The average molecular weight is 313 g/mol. The Morgan fingerprint density at radius 1 is 1.48 bits per heavy atom. The van der Waals surface area contributed by atoms with Crippen LogP contribution in [0.25, 0.3) is 0 Å². The van der Waals surface area contributed by atoms with Gasteiger partial charge in [-0.2, -0.15) is 13.5 Å². The van der Waals surface area contributed by atoms with Crippen molar-refractivity contribution in [1.82, 2.24) is 9.78 Å². The Hall–Kier alpha value is -2.62. The highest BCUT2D eigenvalue weighted by Gasteiger charge is 2.20. The molecule has 0 aliphatic carbocycles. The highest BCUT2D eigenvalue weighted by atomic mass is 32.2. The van der Waals surface area contributed by atoms with Crippen LogP contribution in [0.1, 0.15) is 5.56 Å². The van der Waals surface area contributed by atoms with Gasteiger partial charge in [-0.1, -0.05) is 5.16 Å². The molecule has 112 valence electrons. The molecule has 10 heteroatoms. The first-order valence-corrected chi connectivity index (χ1v) is 7.12. The molecule has 2 rings (SSSR count). The van der Waals surface area contributed by atoms with Crippen molar-refractivity contribution in [3.8, 4) is 0 Å². The predicted octanol–water partition coefficient (Wildman–Crippen LogP) is 0.455. The number of oxime groups is 1. The van der Waals surface area contributed by atoms with Gasteiger partial charge >= 0.3 is 0 Å². The van der Waals surface area contributed by atoms with Gasteiger partial charge in [0.25, 0.3) is 10.0 Å². The Labute approximate surface area is 119 Å². The normalized spacial score (nSPS) is 12.4. The van der Waals surface area contributed by atoms with Crippen LogP contribution in [0.15, 0.2) is 40.6 Å². The van der Waals surface area contributed by atoms with Crippen molar-refractivity contribution >= 4 is 21.5 Å². The number of hydrogen-bond donors (Lipinski definition) is 3. The Kier molecular flexibility index (Phi) is 3.80. The number of nitrogens with two attached hydrogens (primary N) is 1. The molecule has 0 saturated heterocycles. The van der Waals surface area contributed by atoms with Gasteiger partial charge in [0.2, 0.25) is 0 Å². The summed E-state index contributed by atoms with van der Waals surface area (Å²) in [4.78, 5) is 0. The number of nitrogens with zero attached hydrogens (tertiary/aromatic N) is 3. The number of benzene rings is 1. The van der Waals surface area contributed by atoms with E-state index in [0.29, 0.717) is 0 Å². The van der Waals surface area contributed by atoms with Gasteiger partial charge in [0.05, 0.1) is 11.9 Å². The van der Waals surface area contributed by atoms with Crippen LogP contribution in [0.5, 0.6) is 0 Å². The fourth-order valence-electron chi connectivity index (χ4n) is 1.69. The van der Waals surface area contributed by atoms with Gasteiger partial charge in [-0.3, -0.25) is 9.40 Å². The van der Waals surface area contributed by atoms with Gasteiger partial charge in [0, 0.05) is 12.6 Å². The Bertz CT molecular complexity index is 800. The second-order valence-electron chi connectivity index (χ2n) is 4.07. The first kappa shape index (κ1) is 14.8. The van der Waals surface area contributed by atoms with E-state index in [-0.39, 0.29) is 16.3 Å². The highest BCUT2D eigenvalue weighted by molar-refractivity contribution is 7.92. The SMILES string of the molecule is Cn1nccc1S(=O)(=O)Nc1ccc(F)cc1/C(N)=N/O. The number of aryl methyl sites for hydroxylation is 1. The monoisotopic (exact) mass is 313 g/mol. The lowest BCUT2D eigenvalue weighted by Gasteiger charge is -2.12. The summed E-state index contributed by atoms with van der Waals surface area (Å²) in [5.41, 5.74) is 5.31. The van der Waals surface area contributed by atoms with E-state index in [1.54, 1.807) is 0 Å². The second kappa shape index (κ2) is 5.40. The van der Waals surface area contributed by atoms with Crippen LogP contribution in [0.4, 0.5) is 10.1 Å². The fourth-order valence-corrected chi connectivity index (χ4v) is 2.90. The summed E-state index contributed by atoms with van der Waals surface area (Å²) in [6.07, 6.45) is 1.32. The van der Waals surface area contributed by atoms with Crippen molar-refractivity contribution < 1.29 is 18.0 Å². The third-order valence-corrected chi connectivity index (χ3v) is 4.10. The summed E-state index contributed by atoms with van der Waals surface area (Å²) in [5, 5.41) is 15.1. The third kappa shape index (κ3) is 2.94. The van der Waals surface area contributed by atoms with Gasteiger partial charge < -0.3 is 10.9 Å². The van der Waals surface area contributed by atoms with Crippen LogP contribution in [-0.2, 0) is 17.1 Å². The van der Waals surface area contributed by atoms with E-state index in [9.17, 15) is 12.8 Å². The first-order valence-electron chi connectivity index (χ1n) is 5.63. The molecule has 0 atom stereocenters. The molecule has 2 aromatic rings. The van der Waals surface area contributed by atoms with Gasteiger partial charge in [-0.15, -0.1) is 0 Å². The predicted molar refractivity (Wildman–Crippen MR) is 72.9 cm³/mol. The van der Waals surface area contributed by atoms with E-state index in [1.807, 2.05) is 0 Å². The zero-order valence-electron chi connectivity index (χ0n) is 10.9. The summed E-state index contributed by atoms with van der Waals surface area (Å²) >= 11 is 0. The molecule has 8 nitrogen and oxygen atoms in total. The quantitative estimate of drug-likeness (QED) is 0.327. The molecule has 0 saturated carbocycles. The summed E-state index contributed by atoms with van der Waals surface area (Å²) < 4.78 is 41.1. The van der Waals surface area contributed by atoms with Crippen molar-refractivity contribution in [1.29, 1.82) is 0 Å². The van der Waals surface area contributed by atoms with E-state index in [2.05, 4.69) is 15.0 Å². The van der Waals surface area contributed by atoms with E-state index in [1.165, 1.54) is 25.4 Å². The van der Waals surface area contributed by atoms with E-state index < -0.39 is 21.7 Å². The molecule has 0 bridgehead atoms. The highest BCUT2D eigenvalue weighted by Crippen LogP contribution is 2.21. The molecule has 0 aliphatic rings. The summed E-state index contributed by atoms with van der Waals surface area (Å²) in [5.74, 6) is -1.07. The molecular weight excluding hydrogens is 301 g/mol. The Morgan fingerprint density at radius 2 is 2.19 bits per heavy atom. The molecule has 0 radical (unpaired) electrons. The smallest absolute Gasteiger partial charge is 0.279 e. The van der Waals surface area contributed by atoms with E-state index >= 15 is 0 Å². The first-order chi connectivity index (χ1) is 9.85. The maximum atomic E-state index is 13.2. The van der Waals surface area contributed by atoms with Crippen LogP contribution in [0.2, 0.25) is 0 Å². The number of aromatic nitrogens is 2. The van der Waals surface area contributed by atoms with Crippen LogP contribution >= 0.6 is 0 Å². The minimum atomic E-state index is -3.94. The maximum absolute atomic E-state index is 13.2. The number of hydrogen-bond acceptors (Lipinski definition) is 5. The molecule has 0 aliphatic heterocycles. The average Bonchev–Trinajstić information content (AvgIpc) is 2.87. The largest absolute Gasteiger partial charge is 0.409 e. The maximum Gasteiger partial charge on any atom is 0.279 e. The number of amidine groups is 1. The summed E-state index contributed by atoms with van der Waals surface area (Å²) in [6, 6.07) is 4.48. The minimum absolute atomic E-state index is 0.0205. The minimum Gasteiger partial charge on any atom is -0.409 e. The third-order valence-electron chi connectivity index (χ3n) is 2.66. The number of halogens is 1. The molecule has 1 aromatic carbocycles. The van der Waals surface area contributed by atoms with Crippen molar-refractivity contribution in [2.75, 3.05) is 4.72 Å². The molecular formula is C11H12FN5O3S. The van der Waals surface area contributed by atoms with Gasteiger partial charge in [0.1, 0.15) is 5.82 Å². The zero-order valence-corrected chi connectivity index (χ0v) is 11.7. The van der Waals surface area contributed by atoms with Crippen LogP contribution in [-0.4, -0.2) is 29.2 Å². The van der Waals surface area contributed by atoms with Crippen LogP contribution in [0, 0.1) is 5.82 Å². The molecule has 0 spiro atoms. The number of nitrogens with one attached hydrogen (secondary N) is 1. The number of rotatable bonds is 4. The molecule has 4 N–H and O–H groups in total. The molecule has 1 heterocycles. The number of anilines is 1. The second-order valence-corrected chi connectivity index (χ2v) is 5.70. The topological polar surface area (TPSA) is 123 Å². The number of sulfonamides is 1. The molecule has 0 amide bonds. The molecule has 0 fully saturated rings. The lowest BCUT2D eigenvalue weighted by Crippen LogP contribution is -2.21. The molecule has 0 unspecified atom stereocenters. The summed E-state index contributed by atoms with van der Waals surface area (Å²) in [7, 11) is -2.48. The molecule has 21 heavy (non-hydrogen) atoms. The van der Waals surface area contributed by atoms with Gasteiger partial charge in [-0.25, -0.2) is 4.39 Å². The van der Waals surface area contributed by atoms with Crippen molar-refractivity contribution in [2.24, 2.45) is 17.9 Å². The van der Waals surface area contributed by atoms with Gasteiger partial charge in [0.15, 0.2) is 10.9 Å². The van der Waals surface area contributed by atoms with Crippen LogP contribution < -0.4 is 10.5 Å². The van der Waals surface area contributed by atoms with Gasteiger partial charge in [-0.05, 0) is 24.3 Å². The van der Waals surface area contributed by atoms with Crippen molar-refractivity contribution in [3.05, 3.63) is 41.8 Å². The fraction of sp³-hybridized carbons (Fsp3) is 0.0909. The lowest BCUT2D eigenvalue weighted by molar-refractivity contribution is 0.318. The summed E-state index contributed by atoms with van der Waals surface area (Å²) in [6.45, 7) is 0. The Balaban J connectivity index is 2.47.